The Balaban J connectivity index is 1.93. The zero-order valence-corrected chi connectivity index (χ0v) is 11.8. The molecular formula is C13H25N5. The van der Waals surface area contributed by atoms with E-state index in [2.05, 4.69) is 34.1 Å². The van der Waals surface area contributed by atoms with Crippen LogP contribution in [0.1, 0.15) is 32.5 Å². The predicted octanol–water partition coefficient (Wildman–Crippen LogP) is 1.03. The van der Waals surface area contributed by atoms with Crippen LogP contribution >= 0.6 is 0 Å². The van der Waals surface area contributed by atoms with Crippen molar-refractivity contribution in [1.82, 2.24) is 25.0 Å². The number of aryl methyl sites for hydroxylation is 1. The molecule has 0 bridgehead atoms. The molecule has 1 saturated heterocycles. The van der Waals surface area contributed by atoms with Crippen molar-refractivity contribution in [1.29, 1.82) is 0 Å². The summed E-state index contributed by atoms with van der Waals surface area (Å²) in [6.07, 6.45) is 4.28. The molecule has 0 aliphatic carbocycles. The van der Waals surface area contributed by atoms with Gasteiger partial charge in [0, 0.05) is 19.6 Å². The number of rotatable bonds is 5. The summed E-state index contributed by atoms with van der Waals surface area (Å²) < 4.78 is 1.87. The zero-order valence-electron chi connectivity index (χ0n) is 11.8. The van der Waals surface area contributed by atoms with E-state index in [1.165, 1.54) is 19.4 Å². The van der Waals surface area contributed by atoms with Gasteiger partial charge in [-0.2, -0.15) is 5.10 Å². The number of nitrogens with zero attached hydrogens (tertiary/aromatic N) is 4. The van der Waals surface area contributed by atoms with Crippen molar-refractivity contribution < 1.29 is 0 Å². The lowest BCUT2D eigenvalue weighted by atomic mass is 9.98. The van der Waals surface area contributed by atoms with Crippen LogP contribution in [0.4, 0.5) is 0 Å². The van der Waals surface area contributed by atoms with Crippen molar-refractivity contribution in [2.75, 3.05) is 19.6 Å². The Kier molecular flexibility index (Phi) is 4.72. The first kappa shape index (κ1) is 13.5. The van der Waals surface area contributed by atoms with Gasteiger partial charge in [0.2, 0.25) is 0 Å². The van der Waals surface area contributed by atoms with Crippen LogP contribution in [-0.2, 0) is 13.6 Å². The molecule has 0 saturated carbocycles. The van der Waals surface area contributed by atoms with Gasteiger partial charge >= 0.3 is 0 Å². The number of piperidine rings is 1. The standard InChI is InChI=1S/C13H25N5/c1-11(2)18(8-12-5-4-6-14-7-12)9-13-15-10-16-17(13)3/h10-12,14H,4-9H2,1-3H3. The average molecular weight is 251 g/mol. The van der Waals surface area contributed by atoms with Gasteiger partial charge in [0.1, 0.15) is 12.2 Å². The van der Waals surface area contributed by atoms with Crippen LogP contribution in [0, 0.1) is 5.92 Å². The quantitative estimate of drug-likeness (QED) is 0.849. The second-order valence-corrected chi connectivity index (χ2v) is 5.54. The summed E-state index contributed by atoms with van der Waals surface area (Å²) in [5.74, 6) is 1.82. The van der Waals surface area contributed by atoms with Crippen molar-refractivity contribution >= 4 is 0 Å². The summed E-state index contributed by atoms with van der Waals surface area (Å²) in [4.78, 5) is 6.83. The lowest BCUT2D eigenvalue weighted by Gasteiger charge is -2.32. The number of nitrogens with one attached hydrogen (secondary N) is 1. The molecule has 1 aromatic heterocycles. The van der Waals surface area contributed by atoms with Crippen LogP contribution in [0.15, 0.2) is 6.33 Å². The van der Waals surface area contributed by atoms with Crippen LogP contribution < -0.4 is 5.32 Å². The first-order chi connectivity index (χ1) is 8.66. The number of aromatic nitrogens is 3. The van der Waals surface area contributed by atoms with Crippen LogP contribution in [0.5, 0.6) is 0 Å². The van der Waals surface area contributed by atoms with Gasteiger partial charge in [-0.05, 0) is 45.7 Å². The van der Waals surface area contributed by atoms with Gasteiger partial charge in [0.05, 0.1) is 6.54 Å². The molecule has 0 radical (unpaired) electrons. The summed E-state index contributed by atoms with van der Waals surface area (Å²) in [5, 5.41) is 7.63. The Morgan fingerprint density at radius 1 is 1.56 bits per heavy atom. The van der Waals surface area contributed by atoms with Crippen molar-refractivity contribution in [2.24, 2.45) is 13.0 Å². The highest BCUT2D eigenvalue weighted by Gasteiger charge is 2.20. The van der Waals surface area contributed by atoms with E-state index in [-0.39, 0.29) is 0 Å². The van der Waals surface area contributed by atoms with Crippen LogP contribution in [-0.4, -0.2) is 45.3 Å². The maximum absolute atomic E-state index is 4.33. The Bertz CT molecular complexity index is 354. The second kappa shape index (κ2) is 6.29. The lowest BCUT2D eigenvalue weighted by molar-refractivity contribution is 0.158. The molecule has 0 aromatic carbocycles. The van der Waals surface area contributed by atoms with Crippen molar-refractivity contribution in [3.05, 3.63) is 12.2 Å². The Morgan fingerprint density at radius 3 is 2.94 bits per heavy atom. The SMILES string of the molecule is CC(C)N(Cc1ncnn1C)CC1CCCNC1. The van der Waals surface area contributed by atoms with E-state index in [1.807, 2.05) is 11.7 Å². The molecule has 1 fully saturated rings. The maximum atomic E-state index is 4.33. The zero-order chi connectivity index (χ0) is 13.0. The molecule has 18 heavy (non-hydrogen) atoms. The molecule has 1 N–H and O–H groups in total. The third kappa shape index (κ3) is 3.53. The minimum absolute atomic E-state index is 0.545. The van der Waals surface area contributed by atoms with Gasteiger partial charge in [-0.25, -0.2) is 4.98 Å². The Hall–Kier alpha value is -0.940. The third-order valence-corrected chi connectivity index (χ3v) is 3.77. The summed E-state index contributed by atoms with van der Waals surface area (Å²) in [7, 11) is 1.96. The fourth-order valence-corrected chi connectivity index (χ4v) is 2.51. The summed E-state index contributed by atoms with van der Waals surface area (Å²) >= 11 is 0. The van der Waals surface area contributed by atoms with Gasteiger partial charge in [-0.15, -0.1) is 0 Å². The van der Waals surface area contributed by atoms with E-state index in [1.54, 1.807) is 6.33 Å². The van der Waals surface area contributed by atoms with E-state index in [9.17, 15) is 0 Å². The first-order valence-electron chi connectivity index (χ1n) is 6.94. The highest BCUT2D eigenvalue weighted by molar-refractivity contribution is 4.85. The lowest BCUT2D eigenvalue weighted by Crippen LogP contribution is -2.41. The first-order valence-corrected chi connectivity index (χ1v) is 6.94. The van der Waals surface area contributed by atoms with Gasteiger partial charge in [-0.3, -0.25) is 9.58 Å². The molecule has 1 unspecified atom stereocenters. The molecule has 1 aliphatic rings. The molecule has 1 atom stereocenters. The molecule has 2 rings (SSSR count). The van der Waals surface area contributed by atoms with Gasteiger partial charge in [0.25, 0.3) is 0 Å². The summed E-state index contributed by atoms with van der Waals surface area (Å²) in [6.45, 7) is 8.89. The minimum atomic E-state index is 0.545. The van der Waals surface area contributed by atoms with Crippen molar-refractivity contribution in [2.45, 2.75) is 39.3 Å². The van der Waals surface area contributed by atoms with E-state index in [0.717, 1.165) is 31.4 Å². The second-order valence-electron chi connectivity index (χ2n) is 5.54. The molecule has 0 amide bonds. The summed E-state index contributed by atoms with van der Waals surface area (Å²) in [5.41, 5.74) is 0. The van der Waals surface area contributed by atoms with E-state index < -0.39 is 0 Å². The summed E-state index contributed by atoms with van der Waals surface area (Å²) in [6, 6.07) is 0.545. The molecular weight excluding hydrogens is 226 g/mol. The molecule has 1 aromatic rings. The van der Waals surface area contributed by atoms with Gasteiger partial charge in [-0.1, -0.05) is 0 Å². The van der Waals surface area contributed by atoms with E-state index >= 15 is 0 Å². The highest BCUT2D eigenvalue weighted by Crippen LogP contribution is 2.15. The fourth-order valence-electron chi connectivity index (χ4n) is 2.51. The maximum Gasteiger partial charge on any atom is 0.140 e. The third-order valence-electron chi connectivity index (χ3n) is 3.77. The highest BCUT2D eigenvalue weighted by atomic mass is 15.3. The monoisotopic (exact) mass is 251 g/mol. The topological polar surface area (TPSA) is 46.0 Å². The van der Waals surface area contributed by atoms with Gasteiger partial charge < -0.3 is 5.32 Å². The number of hydrogen-bond acceptors (Lipinski definition) is 4. The Morgan fingerprint density at radius 2 is 2.39 bits per heavy atom. The van der Waals surface area contributed by atoms with E-state index in [0.29, 0.717) is 6.04 Å². The predicted molar refractivity (Wildman–Crippen MR) is 72.1 cm³/mol. The molecule has 1 aliphatic heterocycles. The Labute approximate surface area is 110 Å². The van der Waals surface area contributed by atoms with Crippen LogP contribution in [0.3, 0.4) is 0 Å². The largest absolute Gasteiger partial charge is 0.316 e. The fraction of sp³-hybridized carbons (Fsp3) is 0.846. The van der Waals surface area contributed by atoms with Crippen LogP contribution in [0.2, 0.25) is 0 Å². The normalized spacial score (nSPS) is 20.8. The van der Waals surface area contributed by atoms with E-state index in [4.69, 9.17) is 0 Å². The minimum Gasteiger partial charge on any atom is -0.316 e. The molecule has 5 heteroatoms. The molecule has 102 valence electrons. The number of hydrogen-bond donors (Lipinski definition) is 1. The van der Waals surface area contributed by atoms with Crippen LogP contribution in [0.25, 0.3) is 0 Å². The smallest absolute Gasteiger partial charge is 0.140 e. The molecule has 0 spiro atoms. The van der Waals surface area contributed by atoms with Crippen molar-refractivity contribution in [3.8, 4) is 0 Å². The van der Waals surface area contributed by atoms with Crippen molar-refractivity contribution in [3.63, 3.8) is 0 Å². The van der Waals surface area contributed by atoms with Gasteiger partial charge in [0.15, 0.2) is 0 Å². The average Bonchev–Trinajstić information content (AvgIpc) is 2.75. The molecule has 2 heterocycles. The molecule has 5 nitrogen and oxygen atoms in total.